The van der Waals surface area contributed by atoms with Gasteiger partial charge < -0.3 is 4.74 Å². The van der Waals surface area contributed by atoms with Crippen LogP contribution in [0.2, 0.25) is 0 Å². The molecule has 0 saturated carbocycles. The lowest BCUT2D eigenvalue weighted by Gasteiger charge is -2.06. The average molecular weight is 278 g/mol. The van der Waals surface area contributed by atoms with Crippen molar-refractivity contribution >= 4 is 24.4 Å². The zero-order valence-electron chi connectivity index (χ0n) is 10.9. The van der Waals surface area contributed by atoms with Crippen molar-refractivity contribution in [3.63, 3.8) is 0 Å². The van der Waals surface area contributed by atoms with Crippen molar-refractivity contribution in [1.29, 1.82) is 0 Å². The van der Waals surface area contributed by atoms with Crippen LogP contribution in [0.15, 0.2) is 53.4 Å². The second-order valence-electron chi connectivity index (χ2n) is 3.59. The molecule has 0 fully saturated rings. The van der Waals surface area contributed by atoms with Gasteiger partial charge in [0.2, 0.25) is 0 Å². The van der Waals surface area contributed by atoms with Crippen LogP contribution in [0.25, 0.3) is 0 Å². The standard InChI is InChI=1S/C14H14OS.CH4S/c1-11-3-5-12(6-4-11)15-13-7-9-14(16-2)10-8-13;1-2/h3-10H,1-2H3;2H,1H3. The molecule has 2 aromatic carbocycles. The summed E-state index contributed by atoms with van der Waals surface area (Å²) < 4.78 is 5.72. The smallest absolute Gasteiger partial charge is 0.127 e. The van der Waals surface area contributed by atoms with Crippen molar-refractivity contribution in [3.05, 3.63) is 54.1 Å². The molecule has 1 nitrogen and oxygen atoms in total. The Morgan fingerprint density at radius 3 is 1.72 bits per heavy atom. The molecule has 0 aliphatic rings. The molecule has 2 rings (SSSR count). The highest BCUT2D eigenvalue weighted by Crippen LogP contribution is 2.24. The molecule has 0 heterocycles. The maximum absolute atomic E-state index is 5.72. The zero-order chi connectivity index (χ0) is 13.4. The molecule has 0 bridgehead atoms. The van der Waals surface area contributed by atoms with Crippen molar-refractivity contribution in [2.45, 2.75) is 11.8 Å². The van der Waals surface area contributed by atoms with Crippen LogP contribution < -0.4 is 4.74 Å². The first-order valence-corrected chi connectivity index (χ1v) is 7.73. The van der Waals surface area contributed by atoms with E-state index in [0.717, 1.165) is 11.5 Å². The summed E-state index contributed by atoms with van der Waals surface area (Å²) in [6.07, 6.45) is 3.76. The molecule has 0 spiro atoms. The minimum Gasteiger partial charge on any atom is -0.457 e. The van der Waals surface area contributed by atoms with Crippen LogP contribution in [0.4, 0.5) is 0 Å². The second-order valence-corrected chi connectivity index (χ2v) is 4.47. The maximum Gasteiger partial charge on any atom is 0.127 e. The molecule has 3 heteroatoms. The van der Waals surface area contributed by atoms with E-state index >= 15 is 0 Å². The first-order chi connectivity index (χ1) is 8.78. The van der Waals surface area contributed by atoms with E-state index in [-0.39, 0.29) is 0 Å². The lowest BCUT2D eigenvalue weighted by molar-refractivity contribution is 0.482. The third-order valence-corrected chi connectivity index (χ3v) is 3.06. The molecule has 0 aliphatic heterocycles. The van der Waals surface area contributed by atoms with Gasteiger partial charge in [-0.3, -0.25) is 0 Å². The summed E-state index contributed by atoms with van der Waals surface area (Å²) in [5.74, 6) is 1.75. The van der Waals surface area contributed by atoms with E-state index in [1.165, 1.54) is 10.5 Å². The van der Waals surface area contributed by atoms with Gasteiger partial charge in [0.05, 0.1) is 0 Å². The third-order valence-electron chi connectivity index (χ3n) is 2.32. The van der Waals surface area contributed by atoms with Gasteiger partial charge in [-0.1, -0.05) is 17.7 Å². The van der Waals surface area contributed by atoms with E-state index in [2.05, 4.69) is 37.9 Å². The quantitative estimate of drug-likeness (QED) is 0.621. The Kier molecular flexibility index (Phi) is 6.76. The summed E-state index contributed by atoms with van der Waals surface area (Å²) in [5.41, 5.74) is 1.24. The average Bonchev–Trinajstić information content (AvgIpc) is 2.44. The summed E-state index contributed by atoms with van der Waals surface area (Å²) in [4.78, 5) is 1.25. The van der Waals surface area contributed by atoms with E-state index < -0.39 is 0 Å². The summed E-state index contributed by atoms with van der Waals surface area (Å²) in [7, 11) is 0. The molecule has 0 radical (unpaired) electrons. The van der Waals surface area contributed by atoms with E-state index in [1.54, 1.807) is 18.0 Å². The number of thioether (sulfide) groups is 1. The Morgan fingerprint density at radius 1 is 0.833 bits per heavy atom. The number of hydrogen-bond acceptors (Lipinski definition) is 3. The summed E-state index contributed by atoms with van der Waals surface area (Å²) in [6.45, 7) is 2.07. The topological polar surface area (TPSA) is 9.23 Å². The van der Waals surface area contributed by atoms with Gasteiger partial charge in [-0.25, -0.2) is 0 Å². The van der Waals surface area contributed by atoms with Crippen LogP contribution in [-0.4, -0.2) is 12.5 Å². The number of hydrogen-bond donors (Lipinski definition) is 1. The highest BCUT2D eigenvalue weighted by molar-refractivity contribution is 7.98. The number of rotatable bonds is 3. The lowest BCUT2D eigenvalue weighted by Crippen LogP contribution is -1.83. The molecule has 96 valence electrons. The highest BCUT2D eigenvalue weighted by Gasteiger charge is 1.97. The van der Waals surface area contributed by atoms with Crippen LogP contribution in [0.1, 0.15) is 5.56 Å². The monoisotopic (exact) mass is 278 g/mol. The van der Waals surface area contributed by atoms with Crippen LogP contribution in [-0.2, 0) is 0 Å². The van der Waals surface area contributed by atoms with Crippen LogP contribution in [0.3, 0.4) is 0 Å². The molecule has 2 aromatic rings. The Labute approximate surface area is 119 Å². The number of ether oxygens (including phenoxy) is 1. The molecular formula is C15H18OS2. The van der Waals surface area contributed by atoms with Gasteiger partial charge in [0.15, 0.2) is 0 Å². The van der Waals surface area contributed by atoms with Crippen LogP contribution >= 0.6 is 24.4 Å². The first kappa shape index (κ1) is 15.0. The van der Waals surface area contributed by atoms with Gasteiger partial charge in [-0.05, 0) is 55.8 Å². The largest absolute Gasteiger partial charge is 0.457 e. The second kappa shape index (κ2) is 8.11. The minimum atomic E-state index is 0.877. The van der Waals surface area contributed by atoms with E-state index in [0.29, 0.717) is 0 Å². The number of aryl methyl sites for hydroxylation is 1. The Hall–Kier alpha value is -1.06. The summed E-state index contributed by atoms with van der Waals surface area (Å²) in [6, 6.07) is 16.2. The van der Waals surface area contributed by atoms with Crippen LogP contribution in [0.5, 0.6) is 11.5 Å². The number of thiol groups is 1. The molecule has 0 amide bonds. The van der Waals surface area contributed by atoms with Gasteiger partial charge in [-0.15, -0.1) is 11.8 Å². The molecule has 0 saturated heterocycles. The van der Waals surface area contributed by atoms with Crippen molar-refractivity contribution in [3.8, 4) is 11.5 Å². The third kappa shape index (κ3) is 4.67. The molecule has 18 heavy (non-hydrogen) atoms. The van der Waals surface area contributed by atoms with Gasteiger partial charge in [0, 0.05) is 4.90 Å². The normalized spacial score (nSPS) is 9.33. The van der Waals surface area contributed by atoms with Crippen molar-refractivity contribution in [2.75, 3.05) is 12.5 Å². The van der Waals surface area contributed by atoms with Crippen molar-refractivity contribution in [2.24, 2.45) is 0 Å². The maximum atomic E-state index is 5.72. The van der Waals surface area contributed by atoms with Gasteiger partial charge >= 0.3 is 0 Å². The molecule has 0 aromatic heterocycles. The van der Waals surface area contributed by atoms with Crippen molar-refractivity contribution < 1.29 is 4.74 Å². The van der Waals surface area contributed by atoms with Crippen molar-refractivity contribution in [1.82, 2.24) is 0 Å². The van der Waals surface area contributed by atoms with Crippen LogP contribution in [0, 0.1) is 6.92 Å². The van der Waals surface area contributed by atoms with E-state index in [9.17, 15) is 0 Å². The molecular weight excluding hydrogens is 260 g/mol. The fourth-order valence-corrected chi connectivity index (χ4v) is 1.79. The Morgan fingerprint density at radius 2 is 1.28 bits per heavy atom. The van der Waals surface area contributed by atoms with Gasteiger partial charge in [0.25, 0.3) is 0 Å². The lowest BCUT2D eigenvalue weighted by atomic mass is 10.2. The van der Waals surface area contributed by atoms with Gasteiger partial charge in [-0.2, -0.15) is 12.6 Å². The fraction of sp³-hybridized carbons (Fsp3) is 0.200. The zero-order valence-corrected chi connectivity index (χ0v) is 12.6. The predicted octanol–water partition coefficient (Wildman–Crippen LogP) is 5.06. The first-order valence-electron chi connectivity index (χ1n) is 5.61. The Balaban J connectivity index is 0.000000771. The minimum absolute atomic E-state index is 0.877. The summed E-state index contributed by atoms with van der Waals surface area (Å²) in [5, 5.41) is 0. The molecule has 0 atom stereocenters. The van der Waals surface area contributed by atoms with E-state index in [1.807, 2.05) is 36.4 Å². The summed E-state index contributed by atoms with van der Waals surface area (Å²) >= 11 is 5.26. The Bertz CT molecular complexity index is 449. The number of benzene rings is 2. The highest BCUT2D eigenvalue weighted by atomic mass is 32.2. The molecule has 0 unspecified atom stereocenters. The fourth-order valence-electron chi connectivity index (χ4n) is 1.39. The molecule has 0 aliphatic carbocycles. The SMILES string of the molecule is CS.CSc1ccc(Oc2ccc(C)cc2)cc1. The molecule has 0 N–H and O–H groups in total. The van der Waals surface area contributed by atoms with Gasteiger partial charge in [0.1, 0.15) is 11.5 Å². The predicted molar refractivity (Wildman–Crippen MR) is 84.4 cm³/mol. The van der Waals surface area contributed by atoms with E-state index in [4.69, 9.17) is 4.74 Å².